The van der Waals surface area contributed by atoms with Gasteiger partial charge in [0.2, 0.25) is 5.91 Å². The summed E-state index contributed by atoms with van der Waals surface area (Å²) in [5.41, 5.74) is 2.89. The minimum atomic E-state index is -0.418. The van der Waals surface area contributed by atoms with Crippen molar-refractivity contribution in [3.05, 3.63) is 40.6 Å². The number of nitrogens with one attached hydrogen (secondary N) is 2. The Hall–Kier alpha value is -3.16. The zero-order valence-electron chi connectivity index (χ0n) is 24.0. The second-order valence-corrected chi connectivity index (χ2v) is 10.9. The van der Waals surface area contributed by atoms with Crippen LogP contribution in [0.15, 0.2) is 30.5 Å². The predicted octanol–water partition coefficient (Wildman–Crippen LogP) is 9.07. The number of fused-ring (bicyclic) bond motifs is 1. The Bertz CT molecular complexity index is 1170. The van der Waals surface area contributed by atoms with E-state index >= 15 is 0 Å². The molecule has 0 fully saturated rings. The first-order valence-corrected chi connectivity index (χ1v) is 15.1. The summed E-state index contributed by atoms with van der Waals surface area (Å²) >= 11 is 0. The van der Waals surface area contributed by atoms with Crippen molar-refractivity contribution < 1.29 is 9.72 Å². The standard InChI is InChI=1S/C31H47N5O3/c1-3-4-5-6-7-8-9-10-11-12-13-14-15-16-17-18-19-30(37)32-25-20-21-27-28(22-25)34-31(33-27)29-23-26(36(38)39)24-35(29)2/h20-24H,3-19H2,1-2H3,(H,32,37)(H,33,34). The number of aryl methyl sites for hydroxylation is 1. The third kappa shape index (κ3) is 10.5. The van der Waals surface area contributed by atoms with Crippen LogP contribution in [0.2, 0.25) is 0 Å². The first-order valence-electron chi connectivity index (χ1n) is 15.1. The van der Waals surface area contributed by atoms with E-state index in [1.165, 1.54) is 102 Å². The van der Waals surface area contributed by atoms with Gasteiger partial charge < -0.3 is 14.9 Å². The molecular formula is C31H47N5O3. The Morgan fingerprint density at radius 1 is 0.897 bits per heavy atom. The summed E-state index contributed by atoms with van der Waals surface area (Å²) in [6, 6.07) is 7.04. The van der Waals surface area contributed by atoms with Crippen LogP contribution in [0.25, 0.3) is 22.6 Å². The maximum atomic E-state index is 12.4. The molecule has 0 unspecified atom stereocenters. The number of imidazole rings is 1. The average molecular weight is 538 g/mol. The number of H-pyrrole nitrogens is 1. The molecule has 2 N–H and O–H groups in total. The summed E-state index contributed by atoms with van der Waals surface area (Å²) in [5.74, 6) is 0.578. The summed E-state index contributed by atoms with van der Waals surface area (Å²) < 4.78 is 1.68. The van der Waals surface area contributed by atoms with Crippen molar-refractivity contribution in [3.8, 4) is 11.5 Å². The molecule has 39 heavy (non-hydrogen) atoms. The normalized spacial score (nSPS) is 11.3. The number of rotatable bonds is 20. The molecule has 8 nitrogen and oxygen atoms in total. The van der Waals surface area contributed by atoms with Gasteiger partial charge in [0.1, 0.15) is 0 Å². The molecule has 0 bridgehead atoms. The number of nitro groups is 1. The lowest BCUT2D eigenvalue weighted by molar-refractivity contribution is -0.384. The molecule has 0 aliphatic heterocycles. The van der Waals surface area contributed by atoms with E-state index in [2.05, 4.69) is 22.2 Å². The van der Waals surface area contributed by atoms with Crippen LogP contribution >= 0.6 is 0 Å². The Balaban J connectivity index is 1.25. The maximum absolute atomic E-state index is 12.4. The van der Waals surface area contributed by atoms with Gasteiger partial charge in [-0.25, -0.2) is 4.98 Å². The van der Waals surface area contributed by atoms with E-state index in [4.69, 9.17) is 0 Å². The number of hydrogen-bond donors (Lipinski definition) is 2. The number of benzene rings is 1. The molecule has 0 saturated carbocycles. The van der Waals surface area contributed by atoms with Gasteiger partial charge in [-0.1, -0.05) is 103 Å². The van der Waals surface area contributed by atoms with Crippen molar-refractivity contribution in [1.82, 2.24) is 14.5 Å². The van der Waals surface area contributed by atoms with Crippen LogP contribution < -0.4 is 5.32 Å². The average Bonchev–Trinajstić information content (AvgIpc) is 3.51. The molecule has 2 heterocycles. The second kappa shape index (κ2) is 16.7. The fourth-order valence-corrected chi connectivity index (χ4v) is 5.15. The fourth-order valence-electron chi connectivity index (χ4n) is 5.15. The molecule has 3 rings (SSSR count). The smallest absolute Gasteiger partial charge is 0.287 e. The van der Waals surface area contributed by atoms with E-state index in [1.807, 2.05) is 18.2 Å². The number of amides is 1. The Morgan fingerprint density at radius 2 is 1.46 bits per heavy atom. The molecule has 0 aliphatic carbocycles. The largest absolute Gasteiger partial charge is 0.342 e. The lowest BCUT2D eigenvalue weighted by atomic mass is 10.0. The lowest BCUT2D eigenvalue weighted by Gasteiger charge is -2.06. The van der Waals surface area contributed by atoms with Crippen molar-refractivity contribution in [2.24, 2.45) is 7.05 Å². The molecule has 1 amide bonds. The number of nitrogens with zero attached hydrogens (tertiary/aromatic N) is 3. The minimum absolute atomic E-state index is 0.0231. The molecule has 0 saturated heterocycles. The zero-order chi connectivity index (χ0) is 27.9. The van der Waals surface area contributed by atoms with Crippen LogP contribution in [0, 0.1) is 10.1 Å². The molecule has 0 aliphatic rings. The lowest BCUT2D eigenvalue weighted by Crippen LogP contribution is -2.10. The van der Waals surface area contributed by atoms with E-state index < -0.39 is 4.92 Å². The van der Waals surface area contributed by atoms with Crippen LogP contribution in [-0.2, 0) is 11.8 Å². The quantitative estimate of drug-likeness (QED) is 0.0851. The van der Waals surface area contributed by atoms with Gasteiger partial charge in [0, 0.05) is 25.2 Å². The predicted molar refractivity (Wildman–Crippen MR) is 160 cm³/mol. The van der Waals surface area contributed by atoms with E-state index in [-0.39, 0.29) is 11.6 Å². The second-order valence-electron chi connectivity index (χ2n) is 10.9. The van der Waals surface area contributed by atoms with E-state index in [1.54, 1.807) is 11.6 Å². The number of carbonyl (C=O) groups excluding carboxylic acids is 1. The Kier molecular flexibility index (Phi) is 13.0. The third-order valence-electron chi connectivity index (χ3n) is 7.47. The van der Waals surface area contributed by atoms with Crippen molar-refractivity contribution in [2.75, 3.05) is 5.32 Å². The summed E-state index contributed by atoms with van der Waals surface area (Å²) in [7, 11) is 1.75. The van der Waals surface area contributed by atoms with E-state index in [0.29, 0.717) is 17.9 Å². The monoisotopic (exact) mass is 537 g/mol. The van der Waals surface area contributed by atoms with Crippen molar-refractivity contribution >= 4 is 28.3 Å². The molecule has 0 spiro atoms. The number of anilines is 1. The van der Waals surface area contributed by atoms with Gasteiger partial charge in [-0.3, -0.25) is 14.9 Å². The highest BCUT2D eigenvalue weighted by Crippen LogP contribution is 2.27. The third-order valence-corrected chi connectivity index (χ3v) is 7.47. The fraction of sp³-hybridized carbons (Fsp3) is 0.613. The Morgan fingerprint density at radius 3 is 2.00 bits per heavy atom. The van der Waals surface area contributed by atoms with Crippen LogP contribution in [-0.4, -0.2) is 25.4 Å². The van der Waals surface area contributed by atoms with E-state index in [0.717, 1.165) is 29.6 Å². The molecule has 2 aromatic heterocycles. The number of aromatic nitrogens is 3. The van der Waals surface area contributed by atoms with Crippen LogP contribution in [0.1, 0.15) is 116 Å². The highest BCUT2D eigenvalue weighted by Gasteiger charge is 2.16. The molecule has 214 valence electrons. The molecule has 3 aromatic rings. The zero-order valence-corrected chi connectivity index (χ0v) is 24.0. The SMILES string of the molecule is CCCCCCCCCCCCCCCCCCC(=O)Nc1ccc2nc(-c3cc([N+](=O)[O-])cn3C)[nH]c2c1. The maximum Gasteiger partial charge on any atom is 0.287 e. The molecule has 0 atom stereocenters. The van der Waals surface area contributed by atoms with Gasteiger partial charge in [0.05, 0.1) is 27.8 Å². The first-order chi connectivity index (χ1) is 19.0. The first kappa shape index (κ1) is 30.4. The summed E-state index contributed by atoms with van der Waals surface area (Å²) in [4.78, 5) is 30.8. The van der Waals surface area contributed by atoms with Crippen molar-refractivity contribution in [1.29, 1.82) is 0 Å². The highest BCUT2D eigenvalue weighted by molar-refractivity contribution is 5.93. The minimum Gasteiger partial charge on any atom is -0.342 e. The summed E-state index contributed by atoms with van der Waals surface area (Å²) in [6.45, 7) is 2.27. The van der Waals surface area contributed by atoms with E-state index in [9.17, 15) is 14.9 Å². The summed E-state index contributed by atoms with van der Waals surface area (Å²) in [6.07, 6.45) is 23.1. The van der Waals surface area contributed by atoms with Gasteiger partial charge in [-0.15, -0.1) is 0 Å². The molecule has 1 aromatic carbocycles. The van der Waals surface area contributed by atoms with Gasteiger partial charge in [-0.2, -0.15) is 0 Å². The number of unbranched alkanes of at least 4 members (excludes halogenated alkanes) is 15. The number of aromatic amines is 1. The van der Waals surface area contributed by atoms with Crippen LogP contribution in [0.3, 0.4) is 0 Å². The van der Waals surface area contributed by atoms with Crippen molar-refractivity contribution in [2.45, 2.75) is 116 Å². The molecular weight excluding hydrogens is 490 g/mol. The topological polar surface area (TPSA) is 106 Å². The number of hydrogen-bond acceptors (Lipinski definition) is 4. The molecule has 0 radical (unpaired) electrons. The summed E-state index contributed by atoms with van der Waals surface area (Å²) in [5, 5.41) is 14.1. The van der Waals surface area contributed by atoms with Gasteiger partial charge in [-0.05, 0) is 24.6 Å². The highest BCUT2D eigenvalue weighted by atomic mass is 16.6. The van der Waals surface area contributed by atoms with Gasteiger partial charge in [0.15, 0.2) is 5.82 Å². The van der Waals surface area contributed by atoms with Crippen LogP contribution in [0.4, 0.5) is 11.4 Å². The van der Waals surface area contributed by atoms with Gasteiger partial charge in [0.25, 0.3) is 5.69 Å². The van der Waals surface area contributed by atoms with Crippen LogP contribution in [0.5, 0.6) is 0 Å². The number of carbonyl (C=O) groups is 1. The Labute approximate surface area is 233 Å². The molecule has 8 heteroatoms. The van der Waals surface area contributed by atoms with Crippen molar-refractivity contribution in [3.63, 3.8) is 0 Å². The van der Waals surface area contributed by atoms with Gasteiger partial charge >= 0.3 is 0 Å².